The second-order valence-corrected chi connectivity index (χ2v) is 5.02. The Balaban J connectivity index is 2.06. The van der Waals surface area contributed by atoms with E-state index in [4.69, 9.17) is 16.0 Å². The maximum absolute atomic E-state index is 5.99. The normalized spacial score (nSPS) is 11.1. The number of nitrogens with zero attached hydrogens (tertiary/aromatic N) is 1. The van der Waals surface area contributed by atoms with Crippen LogP contribution in [-0.2, 0) is 6.42 Å². The molecule has 0 saturated carbocycles. The molecule has 19 heavy (non-hydrogen) atoms. The molecule has 0 fully saturated rings. The molecular formula is C16H14ClNO. The molecule has 0 saturated heterocycles. The predicted octanol–water partition coefficient (Wildman–Crippen LogP) is 5.10. The maximum Gasteiger partial charge on any atom is 0.227 e. The molecule has 1 aromatic heterocycles. The lowest BCUT2D eigenvalue weighted by Gasteiger charge is -1.95. The Labute approximate surface area is 117 Å². The molecule has 3 heteroatoms. The first-order valence-electron chi connectivity index (χ1n) is 6.41. The number of benzene rings is 2. The maximum atomic E-state index is 5.99. The smallest absolute Gasteiger partial charge is 0.227 e. The van der Waals surface area contributed by atoms with Crippen molar-refractivity contribution in [3.05, 3.63) is 53.1 Å². The minimum atomic E-state index is 0.617. The highest BCUT2D eigenvalue weighted by atomic mass is 35.5. The van der Waals surface area contributed by atoms with Gasteiger partial charge in [-0.1, -0.05) is 37.1 Å². The van der Waals surface area contributed by atoms with Crippen LogP contribution in [0, 0.1) is 0 Å². The number of aromatic nitrogens is 1. The van der Waals surface area contributed by atoms with Gasteiger partial charge in [0.25, 0.3) is 0 Å². The van der Waals surface area contributed by atoms with Gasteiger partial charge in [-0.05, 0) is 42.3 Å². The Bertz CT molecular complexity index is 718. The minimum absolute atomic E-state index is 0.617. The van der Waals surface area contributed by atoms with Crippen molar-refractivity contribution >= 4 is 22.7 Å². The molecule has 0 radical (unpaired) electrons. The van der Waals surface area contributed by atoms with Gasteiger partial charge in [-0.3, -0.25) is 0 Å². The van der Waals surface area contributed by atoms with Crippen LogP contribution in [0.4, 0.5) is 0 Å². The molecule has 0 bridgehead atoms. The fourth-order valence-corrected chi connectivity index (χ4v) is 2.35. The van der Waals surface area contributed by atoms with Crippen molar-refractivity contribution in [3.8, 4) is 11.5 Å². The molecule has 0 unspecified atom stereocenters. The summed E-state index contributed by atoms with van der Waals surface area (Å²) >= 11 is 5.99. The molecule has 0 amide bonds. The van der Waals surface area contributed by atoms with E-state index in [1.54, 1.807) is 0 Å². The van der Waals surface area contributed by atoms with E-state index < -0.39 is 0 Å². The third-order valence-electron chi connectivity index (χ3n) is 3.06. The van der Waals surface area contributed by atoms with E-state index >= 15 is 0 Å². The highest BCUT2D eigenvalue weighted by Gasteiger charge is 2.08. The van der Waals surface area contributed by atoms with Gasteiger partial charge in [0, 0.05) is 10.6 Å². The number of fused-ring (bicyclic) bond motifs is 1. The molecule has 0 spiro atoms. The van der Waals surface area contributed by atoms with Gasteiger partial charge in [0.15, 0.2) is 5.58 Å². The van der Waals surface area contributed by atoms with Crippen LogP contribution in [0.2, 0.25) is 5.02 Å². The molecule has 3 rings (SSSR count). The van der Waals surface area contributed by atoms with Crippen molar-refractivity contribution in [2.75, 3.05) is 0 Å². The van der Waals surface area contributed by atoms with Crippen LogP contribution in [-0.4, -0.2) is 4.98 Å². The average Bonchev–Trinajstić information content (AvgIpc) is 2.82. The van der Waals surface area contributed by atoms with Gasteiger partial charge in [0.1, 0.15) is 5.52 Å². The standard InChI is InChI=1S/C16H14ClNO/c1-2-4-11-7-8-15-14(9-11)18-16(19-15)12-5-3-6-13(17)10-12/h3,5-10H,2,4H2,1H3. The fourth-order valence-electron chi connectivity index (χ4n) is 2.16. The molecular weight excluding hydrogens is 258 g/mol. The second kappa shape index (κ2) is 5.06. The zero-order chi connectivity index (χ0) is 13.2. The van der Waals surface area contributed by atoms with Crippen LogP contribution < -0.4 is 0 Å². The lowest BCUT2D eigenvalue weighted by atomic mass is 10.1. The highest BCUT2D eigenvalue weighted by molar-refractivity contribution is 6.30. The number of halogens is 1. The van der Waals surface area contributed by atoms with Crippen LogP contribution in [0.1, 0.15) is 18.9 Å². The first-order chi connectivity index (χ1) is 9.26. The van der Waals surface area contributed by atoms with E-state index in [0.29, 0.717) is 10.9 Å². The quantitative estimate of drug-likeness (QED) is 0.662. The Morgan fingerprint density at radius 1 is 1.16 bits per heavy atom. The van der Waals surface area contributed by atoms with Crippen molar-refractivity contribution < 1.29 is 4.42 Å². The minimum Gasteiger partial charge on any atom is -0.436 e. The van der Waals surface area contributed by atoms with E-state index in [9.17, 15) is 0 Å². The van der Waals surface area contributed by atoms with Gasteiger partial charge in [-0.25, -0.2) is 4.98 Å². The average molecular weight is 272 g/mol. The summed E-state index contributed by atoms with van der Waals surface area (Å²) in [6.07, 6.45) is 2.19. The van der Waals surface area contributed by atoms with Crippen molar-refractivity contribution in [2.24, 2.45) is 0 Å². The summed E-state index contributed by atoms with van der Waals surface area (Å²) in [6, 6.07) is 13.7. The Morgan fingerprint density at radius 2 is 2.05 bits per heavy atom. The molecule has 0 aliphatic rings. The third-order valence-corrected chi connectivity index (χ3v) is 3.30. The van der Waals surface area contributed by atoms with Crippen LogP contribution >= 0.6 is 11.6 Å². The highest BCUT2D eigenvalue weighted by Crippen LogP contribution is 2.26. The van der Waals surface area contributed by atoms with E-state index in [2.05, 4.69) is 24.0 Å². The summed E-state index contributed by atoms with van der Waals surface area (Å²) in [6.45, 7) is 2.17. The molecule has 2 nitrogen and oxygen atoms in total. The van der Waals surface area contributed by atoms with Crippen molar-refractivity contribution in [2.45, 2.75) is 19.8 Å². The lowest BCUT2D eigenvalue weighted by molar-refractivity contribution is 0.620. The number of rotatable bonds is 3. The van der Waals surface area contributed by atoms with Gasteiger partial charge in [0.05, 0.1) is 0 Å². The number of hydrogen-bond donors (Lipinski definition) is 0. The number of aryl methyl sites for hydroxylation is 1. The first-order valence-corrected chi connectivity index (χ1v) is 6.79. The monoisotopic (exact) mass is 271 g/mol. The van der Waals surface area contributed by atoms with Crippen molar-refractivity contribution in [1.82, 2.24) is 4.98 Å². The van der Waals surface area contributed by atoms with E-state index in [-0.39, 0.29) is 0 Å². The third kappa shape index (κ3) is 2.49. The lowest BCUT2D eigenvalue weighted by Crippen LogP contribution is -1.82. The summed E-state index contributed by atoms with van der Waals surface area (Å²) in [5.41, 5.74) is 3.91. The van der Waals surface area contributed by atoms with Gasteiger partial charge < -0.3 is 4.42 Å². The SMILES string of the molecule is CCCc1ccc2oc(-c3cccc(Cl)c3)nc2c1. The van der Waals surface area contributed by atoms with Gasteiger partial charge in [0.2, 0.25) is 5.89 Å². The van der Waals surface area contributed by atoms with Gasteiger partial charge in [-0.2, -0.15) is 0 Å². The largest absolute Gasteiger partial charge is 0.436 e. The van der Waals surface area contributed by atoms with Crippen molar-refractivity contribution in [1.29, 1.82) is 0 Å². The van der Waals surface area contributed by atoms with Crippen LogP contribution in [0.3, 0.4) is 0 Å². The van der Waals surface area contributed by atoms with Crippen molar-refractivity contribution in [3.63, 3.8) is 0 Å². The molecule has 0 aliphatic carbocycles. The molecule has 0 aliphatic heterocycles. The fraction of sp³-hybridized carbons (Fsp3) is 0.188. The van der Waals surface area contributed by atoms with E-state index in [1.165, 1.54) is 5.56 Å². The summed E-state index contributed by atoms with van der Waals surface area (Å²) in [7, 11) is 0. The second-order valence-electron chi connectivity index (χ2n) is 4.58. The van der Waals surface area contributed by atoms with Crippen LogP contribution in [0.5, 0.6) is 0 Å². The molecule has 2 aromatic carbocycles. The van der Waals surface area contributed by atoms with Gasteiger partial charge >= 0.3 is 0 Å². The topological polar surface area (TPSA) is 26.0 Å². The summed E-state index contributed by atoms with van der Waals surface area (Å²) in [5, 5.41) is 0.687. The van der Waals surface area contributed by atoms with E-state index in [0.717, 1.165) is 29.5 Å². The summed E-state index contributed by atoms with van der Waals surface area (Å²) in [5.74, 6) is 0.617. The Kier molecular flexibility index (Phi) is 3.26. The molecule has 0 atom stereocenters. The zero-order valence-electron chi connectivity index (χ0n) is 10.7. The summed E-state index contributed by atoms with van der Waals surface area (Å²) < 4.78 is 5.77. The Morgan fingerprint density at radius 3 is 2.84 bits per heavy atom. The number of hydrogen-bond acceptors (Lipinski definition) is 2. The Hall–Kier alpha value is -1.80. The van der Waals surface area contributed by atoms with E-state index in [1.807, 2.05) is 30.3 Å². The predicted molar refractivity (Wildman–Crippen MR) is 78.5 cm³/mol. The molecule has 1 heterocycles. The molecule has 96 valence electrons. The van der Waals surface area contributed by atoms with Gasteiger partial charge in [-0.15, -0.1) is 0 Å². The first kappa shape index (κ1) is 12.2. The molecule has 3 aromatic rings. The zero-order valence-corrected chi connectivity index (χ0v) is 11.4. The summed E-state index contributed by atoms with van der Waals surface area (Å²) in [4.78, 5) is 4.54. The molecule has 0 N–H and O–H groups in total. The van der Waals surface area contributed by atoms with Crippen LogP contribution in [0.25, 0.3) is 22.6 Å². The number of oxazole rings is 1. The van der Waals surface area contributed by atoms with Crippen LogP contribution in [0.15, 0.2) is 46.9 Å².